The van der Waals surface area contributed by atoms with Gasteiger partial charge in [-0.2, -0.15) is 0 Å². The lowest BCUT2D eigenvalue weighted by Crippen LogP contribution is -2.57. The van der Waals surface area contributed by atoms with E-state index in [4.69, 9.17) is 15.3 Å². The molecule has 0 amide bonds. The molecular formula is C27H50NO6+. The first-order chi connectivity index (χ1) is 16.3. The number of hydrogen-bond donors (Lipinski definition) is 3. The van der Waals surface area contributed by atoms with Crippen LogP contribution in [0.25, 0.3) is 0 Å². The normalized spacial score (nSPS) is 11.8. The van der Waals surface area contributed by atoms with E-state index in [1.54, 1.807) is 0 Å². The van der Waals surface area contributed by atoms with Crippen molar-refractivity contribution in [2.45, 2.75) is 116 Å². The summed E-state index contributed by atoms with van der Waals surface area (Å²) in [5.41, 5.74) is 0. The Kier molecular flexibility index (Phi) is 20.4. The molecule has 0 saturated carbocycles. The minimum absolute atomic E-state index is 0.181. The molecule has 0 aliphatic rings. The smallest absolute Gasteiger partial charge is 0.359 e. The second-order valence-corrected chi connectivity index (χ2v) is 9.72. The first-order valence-corrected chi connectivity index (χ1v) is 13.5. The maximum absolute atomic E-state index is 11.2. The lowest BCUT2D eigenvalue weighted by molar-refractivity contribution is -0.907. The first-order valence-electron chi connectivity index (χ1n) is 13.5. The maximum atomic E-state index is 11.2. The van der Waals surface area contributed by atoms with Crippen molar-refractivity contribution in [2.24, 2.45) is 0 Å². The van der Waals surface area contributed by atoms with Gasteiger partial charge in [0.25, 0.3) is 0 Å². The highest BCUT2D eigenvalue weighted by Crippen LogP contribution is 2.14. The molecule has 7 nitrogen and oxygen atoms in total. The van der Waals surface area contributed by atoms with Gasteiger partial charge in [-0.3, -0.25) is 4.48 Å². The number of unbranched alkanes of at least 4 members (excludes halogenated alkanes) is 15. The Bertz CT molecular complexity index is 535. The van der Waals surface area contributed by atoms with Crippen molar-refractivity contribution < 1.29 is 34.2 Å². The molecule has 0 aliphatic heterocycles. The number of allylic oxidation sites excluding steroid dienone is 1. The van der Waals surface area contributed by atoms with Gasteiger partial charge < -0.3 is 15.3 Å². The number of carboxylic acids is 3. The van der Waals surface area contributed by atoms with Gasteiger partial charge in [0.2, 0.25) is 0 Å². The third-order valence-corrected chi connectivity index (χ3v) is 6.32. The Hall–Kier alpha value is -1.89. The molecule has 0 saturated heterocycles. The summed E-state index contributed by atoms with van der Waals surface area (Å²) in [6, 6.07) is 0. The largest absolute Gasteiger partial charge is 0.477 e. The van der Waals surface area contributed by atoms with Crippen LogP contribution >= 0.6 is 0 Å². The molecule has 7 heteroatoms. The van der Waals surface area contributed by atoms with Crippen molar-refractivity contribution >= 4 is 17.9 Å². The van der Waals surface area contributed by atoms with E-state index in [0.717, 1.165) is 12.8 Å². The topological polar surface area (TPSA) is 112 Å². The van der Waals surface area contributed by atoms with E-state index in [0.29, 0.717) is 6.42 Å². The molecule has 0 fully saturated rings. The Morgan fingerprint density at radius 1 is 0.529 bits per heavy atom. The fourth-order valence-electron chi connectivity index (χ4n) is 4.48. The minimum Gasteiger partial charge on any atom is -0.477 e. The standard InChI is InChI=1S/C27H49NO6/c1-2-3-4-5-6-7-8-9-10-11-12-13-14-15-16-17-18-19-20-21-28(22-25(29)30,23-26(31)32)24-27(33)34/h18-19H,2-17,20-24H2,1H3,(H2-,29,30,31,32,33,34)/p+1/b19-18+. The zero-order valence-electron chi connectivity index (χ0n) is 21.5. The van der Waals surface area contributed by atoms with Gasteiger partial charge in [-0.05, 0) is 12.8 Å². The van der Waals surface area contributed by atoms with Crippen LogP contribution in [0, 0.1) is 0 Å². The average Bonchev–Trinajstić information content (AvgIpc) is 2.73. The van der Waals surface area contributed by atoms with Crippen molar-refractivity contribution in [3.05, 3.63) is 12.2 Å². The molecule has 3 N–H and O–H groups in total. The molecule has 0 radical (unpaired) electrons. The fraction of sp³-hybridized carbons (Fsp3) is 0.815. The van der Waals surface area contributed by atoms with Crippen molar-refractivity contribution in [2.75, 3.05) is 26.2 Å². The Balaban J connectivity index is 3.80. The summed E-state index contributed by atoms with van der Waals surface area (Å²) < 4.78 is -0.483. The molecule has 0 heterocycles. The van der Waals surface area contributed by atoms with Crippen LogP contribution in [-0.2, 0) is 14.4 Å². The molecule has 34 heavy (non-hydrogen) atoms. The van der Waals surface area contributed by atoms with Crippen LogP contribution in [-0.4, -0.2) is 63.9 Å². The molecule has 0 atom stereocenters. The average molecular weight is 485 g/mol. The van der Waals surface area contributed by atoms with E-state index < -0.39 is 42.0 Å². The third-order valence-electron chi connectivity index (χ3n) is 6.32. The third kappa shape index (κ3) is 20.7. The minimum atomic E-state index is -1.19. The van der Waals surface area contributed by atoms with E-state index in [2.05, 4.69) is 6.92 Å². The lowest BCUT2D eigenvalue weighted by atomic mass is 10.0. The monoisotopic (exact) mass is 484 g/mol. The van der Waals surface area contributed by atoms with Crippen LogP contribution in [0.5, 0.6) is 0 Å². The molecular weight excluding hydrogens is 434 g/mol. The highest BCUT2D eigenvalue weighted by atomic mass is 16.4. The summed E-state index contributed by atoms with van der Waals surface area (Å²) in [5, 5.41) is 27.3. The summed E-state index contributed by atoms with van der Waals surface area (Å²) in [6.07, 6.45) is 25.3. The zero-order chi connectivity index (χ0) is 25.5. The quantitative estimate of drug-likeness (QED) is 0.0800. The number of carbonyl (C=O) groups is 3. The highest BCUT2D eigenvalue weighted by molar-refractivity contribution is 5.73. The van der Waals surface area contributed by atoms with Crippen LogP contribution in [0.2, 0.25) is 0 Å². The molecule has 0 unspecified atom stereocenters. The van der Waals surface area contributed by atoms with Gasteiger partial charge in [0.15, 0.2) is 19.6 Å². The number of hydrogen-bond acceptors (Lipinski definition) is 3. The number of carboxylic acid groups (broad SMARTS) is 3. The zero-order valence-corrected chi connectivity index (χ0v) is 21.5. The molecule has 0 aliphatic carbocycles. The summed E-state index contributed by atoms with van der Waals surface area (Å²) in [4.78, 5) is 33.5. The first kappa shape index (κ1) is 32.1. The van der Waals surface area contributed by atoms with Crippen molar-refractivity contribution in [3.63, 3.8) is 0 Å². The number of aliphatic carboxylic acids is 3. The van der Waals surface area contributed by atoms with Gasteiger partial charge >= 0.3 is 17.9 Å². The van der Waals surface area contributed by atoms with Crippen LogP contribution in [0.4, 0.5) is 0 Å². The van der Waals surface area contributed by atoms with Crippen LogP contribution in [0.1, 0.15) is 116 Å². The van der Waals surface area contributed by atoms with Gasteiger partial charge in [-0.25, -0.2) is 14.4 Å². The maximum Gasteiger partial charge on any atom is 0.359 e. The van der Waals surface area contributed by atoms with E-state index in [1.807, 2.05) is 12.2 Å². The highest BCUT2D eigenvalue weighted by Gasteiger charge is 2.35. The molecule has 0 bridgehead atoms. The summed E-state index contributed by atoms with van der Waals surface area (Å²) >= 11 is 0. The molecule has 0 rings (SSSR count). The second-order valence-electron chi connectivity index (χ2n) is 9.72. The van der Waals surface area contributed by atoms with Gasteiger partial charge in [-0.15, -0.1) is 0 Å². The predicted octanol–water partition coefficient (Wildman–Crippen LogP) is 6.26. The summed E-state index contributed by atoms with van der Waals surface area (Å²) in [5.74, 6) is -3.57. The number of nitrogens with zero attached hydrogens (tertiary/aromatic N) is 1. The molecule has 198 valence electrons. The summed E-state index contributed by atoms with van der Waals surface area (Å²) in [7, 11) is 0. The van der Waals surface area contributed by atoms with Gasteiger partial charge in [0, 0.05) is 6.42 Å². The van der Waals surface area contributed by atoms with Crippen molar-refractivity contribution in [1.29, 1.82) is 0 Å². The molecule has 0 spiro atoms. The van der Waals surface area contributed by atoms with E-state index >= 15 is 0 Å². The van der Waals surface area contributed by atoms with Crippen LogP contribution in [0.3, 0.4) is 0 Å². The molecule has 0 aromatic carbocycles. The molecule has 0 aromatic heterocycles. The summed E-state index contributed by atoms with van der Waals surface area (Å²) in [6.45, 7) is 0.914. The Morgan fingerprint density at radius 2 is 0.853 bits per heavy atom. The van der Waals surface area contributed by atoms with Gasteiger partial charge in [-0.1, -0.05) is 109 Å². The van der Waals surface area contributed by atoms with Crippen LogP contribution in [0.15, 0.2) is 12.2 Å². The predicted molar refractivity (Wildman–Crippen MR) is 136 cm³/mol. The van der Waals surface area contributed by atoms with Gasteiger partial charge in [0.1, 0.15) is 0 Å². The van der Waals surface area contributed by atoms with E-state index in [-0.39, 0.29) is 6.54 Å². The fourth-order valence-corrected chi connectivity index (χ4v) is 4.48. The van der Waals surface area contributed by atoms with Crippen LogP contribution < -0.4 is 0 Å². The van der Waals surface area contributed by atoms with E-state index in [1.165, 1.54) is 89.9 Å². The number of rotatable bonds is 25. The Morgan fingerprint density at radius 3 is 1.21 bits per heavy atom. The van der Waals surface area contributed by atoms with E-state index in [9.17, 15) is 14.4 Å². The number of quaternary nitrogens is 1. The second kappa shape index (κ2) is 21.6. The van der Waals surface area contributed by atoms with Crippen molar-refractivity contribution in [1.82, 2.24) is 0 Å². The SMILES string of the molecule is CCCCCCCCCCCCCCCCC/C=C/CC[N+](CC(=O)O)(CC(=O)O)CC(=O)O. The Labute approximate surface area is 206 Å². The van der Waals surface area contributed by atoms with Gasteiger partial charge in [0.05, 0.1) is 6.54 Å². The lowest BCUT2D eigenvalue weighted by Gasteiger charge is -2.33. The molecule has 0 aromatic rings. The van der Waals surface area contributed by atoms with Crippen molar-refractivity contribution in [3.8, 4) is 0 Å².